The summed E-state index contributed by atoms with van der Waals surface area (Å²) in [5.74, 6) is 0.873. The Balaban J connectivity index is 2.16. The number of halogens is 1. The first kappa shape index (κ1) is 9.97. The van der Waals surface area contributed by atoms with E-state index in [9.17, 15) is 4.39 Å². The Hall–Kier alpha value is -0.110. The lowest BCUT2D eigenvalue weighted by atomic mass is 9.96. The Labute approximate surface area is 74.9 Å². The predicted octanol–water partition coefficient (Wildman–Crippen LogP) is 2.47. The molecule has 2 heteroatoms. The number of likely N-dealkylation sites (tertiary alicyclic amines) is 1. The third kappa shape index (κ3) is 3.10. The van der Waals surface area contributed by atoms with Crippen molar-refractivity contribution in [3.8, 4) is 0 Å². The van der Waals surface area contributed by atoms with E-state index in [-0.39, 0.29) is 6.67 Å². The zero-order valence-corrected chi connectivity index (χ0v) is 8.06. The van der Waals surface area contributed by atoms with Gasteiger partial charge in [-0.3, -0.25) is 4.39 Å². The first-order valence-corrected chi connectivity index (χ1v) is 5.15. The molecule has 0 aliphatic carbocycles. The van der Waals surface area contributed by atoms with E-state index in [0.29, 0.717) is 0 Å². The van der Waals surface area contributed by atoms with Crippen LogP contribution in [0.3, 0.4) is 0 Å². The first-order chi connectivity index (χ1) is 5.86. The third-order valence-electron chi connectivity index (χ3n) is 2.79. The van der Waals surface area contributed by atoms with Gasteiger partial charge in [0.25, 0.3) is 0 Å². The van der Waals surface area contributed by atoms with Gasteiger partial charge in [0.15, 0.2) is 0 Å². The van der Waals surface area contributed by atoms with Crippen molar-refractivity contribution in [1.82, 2.24) is 4.90 Å². The maximum Gasteiger partial charge on any atom is 0.0906 e. The number of hydrogen-bond donors (Lipinski definition) is 0. The van der Waals surface area contributed by atoms with Gasteiger partial charge in [-0.2, -0.15) is 0 Å². The van der Waals surface area contributed by atoms with Crippen LogP contribution < -0.4 is 0 Å². The number of hydrogen-bond acceptors (Lipinski definition) is 1. The summed E-state index contributed by atoms with van der Waals surface area (Å²) in [4.78, 5) is 2.41. The Bertz CT molecular complexity index is 116. The van der Waals surface area contributed by atoms with Crippen molar-refractivity contribution in [3.05, 3.63) is 0 Å². The molecule has 1 fully saturated rings. The fraction of sp³-hybridized carbons (Fsp3) is 1.00. The highest BCUT2D eigenvalue weighted by molar-refractivity contribution is 4.71. The summed E-state index contributed by atoms with van der Waals surface area (Å²) in [5.41, 5.74) is 0. The van der Waals surface area contributed by atoms with Gasteiger partial charge >= 0.3 is 0 Å². The topological polar surface area (TPSA) is 3.24 Å². The van der Waals surface area contributed by atoms with Gasteiger partial charge in [0.2, 0.25) is 0 Å². The zero-order chi connectivity index (χ0) is 8.81. The van der Waals surface area contributed by atoms with Crippen LogP contribution in [0.4, 0.5) is 4.39 Å². The molecule has 0 aromatic rings. The SMILES string of the molecule is CC[C@@H]1CCCN(CCCF)C1. The lowest BCUT2D eigenvalue weighted by Gasteiger charge is -2.31. The van der Waals surface area contributed by atoms with Gasteiger partial charge in [-0.25, -0.2) is 0 Å². The Kier molecular flexibility index (Phi) is 4.59. The average molecular weight is 173 g/mol. The Morgan fingerprint density at radius 3 is 3.00 bits per heavy atom. The van der Waals surface area contributed by atoms with Crippen LogP contribution in [0.15, 0.2) is 0 Å². The standard InChI is InChI=1S/C10H20FN/c1-2-10-5-3-7-12(9-10)8-4-6-11/h10H,2-9H2,1H3/t10-/m1/s1. The molecule has 1 heterocycles. The van der Waals surface area contributed by atoms with Gasteiger partial charge in [0.05, 0.1) is 6.67 Å². The average Bonchev–Trinajstić information content (AvgIpc) is 2.15. The van der Waals surface area contributed by atoms with E-state index >= 15 is 0 Å². The molecule has 1 aliphatic heterocycles. The smallest absolute Gasteiger partial charge is 0.0906 e. The van der Waals surface area contributed by atoms with Gasteiger partial charge in [-0.1, -0.05) is 13.3 Å². The van der Waals surface area contributed by atoms with Gasteiger partial charge in [-0.15, -0.1) is 0 Å². The van der Waals surface area contributed by atoms with Gasteiger partial charge in [0, 0.05) is 13.1 Å². The molecule has 72 valence electrons. The largest absolute Gasteiger partial charge is 0.303 e. The maximum absolute atomic E-state index is 11.9. The summed E-state index contributed by atoms with van der Waals surface area (Å²) in [7, 11) is 0. The molecule has 0 unspecified atom stereocenters. The van der Waals surface area contributed by atoms with Crippen molar-refractivity contribution < 1.29 is 4.39 Å². The van der Waals surface area contributed by atoms with E-state index < -0.39 is 0 Å². The lowest BCUT2D eigenvalue weighted by molar-refractivity contribution is 0.166. The molecule has 0 amide bonds. The lowest BCUT2D eigenvalue weighted by Crippen LogP contribution is -2.35. The zero-order valence-electron chi connectivity index (χ0n) is 8.06. The van der Waals surface area contributed by atoms with Crippen LogP contribution >= 0.6 is 0 Å². The fourth-order valence-electron chi connectivity index (χ4n) is 1.97. The number of alkyl halides is 1. The quantitative estimate of drug-likeness (QED) is 0.631. The molecular weight excluding hydrogens is 153 g/mol. The minimum atomic E-state index is -0.159. The molecule has 1 rings (SSSR count). The highest BCUT2D eigenvalue weighted by atomic mass is 19.1. The van der Waals surface area contributed by atoms with Crippen molar-refractivity contribution >= 4 is 0 Å². The summed E-state index contributed by atoms with van der Waals surface area (Å²) in [5, 5.41) is 0. The van der Waals surface area contributed by atoms with Crippen LogP contribution in [0.25, 0.3) is 0 Å². The van der Waals surface area contributed by atoms with Crippen LogP contribution in [-0.4, -0.2) is 31.2 Å². The van der Waals surface area contributed by atoms with Crippen LogP contribution in [-0.2, 0) is 0 Å². The summed E-state index contributed by atoms with van der Waals surface area (Å²) in [6.07, 6.45) is 4.69. The number of nitrogens with zero attached hydrogens (tertiary/aromatic N) is 1. The molecule has 0 bridgehead atoms. The normalized spacial score (nSPS) is 26.0. The molecule has 0 radical (unpaired) electrons. The van der Waals surface area contributed by atoms with Crippen molar-refractivity contribution in [2.24, 2.45) is 5.92 Å². The van der Waals surface area contributed by atoms with Crippen molar-refractivity contribution in [1.29, 1.82) is 0 Å². The molecule has 1 atom stereocenters. The second kappa shape index (κ2) is 5.52. The van der Waals surface area contributed by atoms with E-state index in [2.05, 4.69) is 11.8 Å². The molecule has 0 spiro atoms. The summed E-state index contributed by atoms with van der Waals surface area (Å²) in [6, 6.07) is 0. The molecule has 0 N–H and O–H groups in total. The minimum absolute atomic E-state index is 0.159. The van der Waals surface area contributed by atoms with Gasteiger partial charge in [0.1, 0.15) is 0 Å². The highest BCUT2D eigenvalue weighted by Crippen LogP contribution is 2.18. The molecule has 1 saturated heterocycles. The van der Waals surface area contributed by atoms with Crippen molar-refractivity contribution in [3.63, 3.8) is 0 Å². The maximum atomic E-state index is 11.9. The van der Waals surface area contributed by atoms with Crippen LogP contribution in [0.5, 0.6) is 0 Å². The Morgan fingerprint density at radius 1 is 1.50 bits per heavy atom. The molecule has 0 saturated carbocycles. The highest BCUT2D eigenvalue weighted by Gasteiger charge is 2.17. The van der Waals surface area contributed by atoms with E-state index in [1.807, 2.05) is 0 Å². The van der Waals surface area contributed by atoms with Crippen molar-refractivity contribution in [2.75, 3.05) is 26.3 Å². The molecule has 1 aliphatic rings. The summed E-state index contributed by atoms with van der Waals surface area (Å²) >= 11 is 0. The van der Waals surface area contributed by atoms with Crippen LogP contribution in [0, 0.1) is 5.92 Å². The van der Waals surface area contributed by atoms with E-state index in [0.717, 1.165) is 18.9 Å². The second-order valence-corrected chi connectivity index (χ2v) is 3.76. The summed E-state index contributed by atoms with van der Waals surface area (Å²) in [6.45, 7) is 5.45. The number of piperidine rings is 1. The summed E-state index contributed by atoms with van der Waals surface area (Å²) < 4.78 is 11.9. The van der Waals surface area contributed by atoms with E-state index in [4.69, 9.17) is 0 Å². The van der Waals surface area contributed by atoms with Gasteiger partial charge < -0.3 is 4.90 Å². The predicted molar refractivity (Wildman–Crippen MR) is 50.0 cm³/mol. The number of rotatable bonds is 4. The monoisotopic (exact) mass is 173 g/mol. The molecule has 12 heavy (non-hydrogen) atoms. The Morgan fingerprint density at radius 2 is 2.33 bits per heavy atom. The van der Waals surface area contributed by atoms with E-state index in [1.165, 1.54) is 32.4 Å². The van der Waals surface area contributed by atoms with Crippen LogP contribution in [0.1, 0.15) is 32.6 Å². The minimum Gasteiger partial charge on any atom is -0.303 e. The fourth-order valence-corrected chi connectivity index (χ4v) is 1.97. The molecule has 0 aromatic heterocycles. The first-order valence-electron chi connectivity index (χ1n) is 5.15. The molecule has 0 aromatic carbocycles. The third-order valence-corrected chi connectivity index (χ3v) is 2.79. The van der Waals surface area contributed by atoms with Crippen molar-refractivity contribution in [2.45, 2.75) is 32.6 Å². The van der Waals surface area contributed by atoms with Gasteiger partial charge in [-0.05, 0) is 31.7 Å². The van der Waals surface area contributed by atoms with Crippen LogP contribution in [0.2, 0.25) is 0 Å². The molecular formula is C10H20FN. The molecule has 1 nitrogen and oxygen atoms in total. The van der Waals surface area contributed by atoms with E-state index in [1.54, 1.807) is 0 Å². The second-order valence-electron chi connectivity index (χ2n) is 3.76.